The molecule has 180 valence electrons. The first-order chi connectivity index (χ1) is 15.0. The number of likely N-dealkylation sites (tertiary alicyclic amines) is 1. The molecule has 2 aliphatic heterocycles. The molecule has 0 aromatic carbocycles. The summed E-state index contributed by atoms with van der Waals surface area (Å²) in [4.78, 5) is 39.9. The molecule has 2 saturated carbocycles. The third kappa shape index (κ3) is 4.50. The molecule has 4 fully saturated rings. The molecule has 2 saturated heterocycles. The number of aliphatic hydroxyl groups excluding tert-OH is 1. The van der Waals surface area contributed by atoms with Gasteiger partial charge in [-0.15, -0.1) is 0 Å². The van der Waals surface area contributed by atoms with Crippen LogP contribution in [0, 0.1) is 29.1 Å². The topological polar surface area (TPSA) is 98.7 Å². The number of fused-ring (bicyclic) bond motifs is 1. The van der Waals surface area contributed by atoms with Gasteiger partial charge in [-0.1, -0.05) is 13.8 Å². The second-order valence-corrected chi connectivity index (χ2v) is 10.8. The minimum atomic E-state index is -2.63. The van der Waals surface area contributed by atoms with Crippen molar-refractivity contribution in [2.75, 3.05) is 19.7 Å². The van der Waals surface area contributed by atoms with Gasteiger partial charge in [-0.2, -0.15) is 0 Å². The van der Waals surface area contributed by atoms with Crippen molar-refractivity contribution in [1.82, 2.24) is 15.5 Å². The average Bonchev–Trinajstić information content (AvgIpc) is 3.10. The first-order valence-electron chi connectivity index (χ1n) is 11.9. The predicted octanol–water partition coefficient (Wildman–Crippen LogP) is 1.69. The number of alkyl halides is 2. The van der Waals surface area contributed by atoms with Crippen molar-refractivity contribution >= 4 is 17.7 Å². The normalized spacial score (nSPS) is 34.0. The summed E-state index contributed by atoms with van der Waals surface area (Å²) < 4.78 is 26.9. The van der Waals surface area contributed by atoms with Gasteiger partial charge in [-0.05, 0) is 48.9 Å². The summed E-state index contributed by atoms with van der Waals surface area (Å²) in [5.74, 6) is -3.12. The quantitative estimate of drug-likeness (QED) is 0.544. The standard InChI is InChI=1S/C23H35F2N3O4/c1-22(2)16-11-28(17(30)9-13-3-6-23(24,25)7-4-13)19(18(16)22)21(32)27-15(12-29)10-14-5-8-26-20(14)31/h13-16,18-19,29H,3-12H2,1-2H3,(H,26,31)(H,27,32)/t14-,15-,16-,18-,19-/m0/s1. The number of rotatable bonds is 7. The molecule has 7 nitrogen and oxygen atoms in total. The van der Waals surface area contributed by atoms with E-state index in [0.29, 0.717) is 38.8 Å². The van der Waals surface area contributed by atoms with Gasteiger partial charge >= 0.3 is 0 Å². The molecule has 0 radical (unpaired) electrons. The van der Waals surface area contributed by atoms with Gasteiger partial charge in [0.2, 0.25) is 23.6 Å². The first kappa shape index (κ1) is 23.4. The zero-order valence-corrected chi connectivity index (χ0v) is 18.9. The fourth-order valence-corrected chi connectivity index (χ4v) is 6.19. The van der Waals surface area contributed by atoms with E-state index in [0.717, 1.165) is 0 Å². The Morgan fingerprint density at radius 2 is 1.94 bits per heavy atom. The zero-order valence-electron chi connectivity index (χ0n) is 18.9. The van der Waals surface area contributed by atoms with E-state index in [-0.39, 0.29) is 72.7 Å². The number of carbonyl (C=O) groups excluding carboxylic acids is 3. The molecule has 4 rings (SSSR count). The average molecular weight is 456 g/mol. The Morgan fingerprint density at radius 3 is 2.53 bits per heavy atom. The molecule has 4 aliphatic rings. The van der Waals surface area contributed by atoms with Crippen LogP contribution >= 0.6 is 0 Å². The fourth-order valence-electron chi connectivity index (χ4n) is 6.19. The lowest BCUT2D eigenvalue weighted by atomic mass is 9.84. The number of halogens is 2. The maximum Gasteiger partial charge on any atom is 0.248 e. The number of nitrogens with zero attached hydrogens (tertiary/aromatic N) is 1. The number of aliphatic hydroxyl groups is 1. The van der Waals surface area contributed by atoms with Crippen LogP contribution in [0.15, 0.2) is 0 Å². The third-order valence-corrected chi connectivity index (χ3v) is 8.40. The van der Waals surface area contributed by atoms with Crippen LogP contribution in [0.2, 0.25) is 0 Å². The molecule has 3 N–H and O–H groups in total. The maximum atomic E-state index is 13.5. The monoisotopic (exact) mass is 455 g/mol. The van der Waals surface area contributed by atoms with E-state index in [9.17, 15) is 28.3 Å². The number of hydrogen-bond donors (Lipinski definition) is 3. The summed E-state index contributed by atoms with van der Waals surface area (Å²) in [7, 11) is 0. The van der Waals surface area contributed by atoms with E-state index < -0.39 is 18.0 Å². The van der Waals surface area contributed by atoms with Crippen molar-refractivity contribution in [3.63, 3.8) is 0 Å². The highest BCUT2D eigenvalue weighted by molar-refractivity contribution is 5.90. The molecule has 32 heavy (non-hydrogen) atoms. The van der Waals surface area contributed by atoms with Crippen molar-refractivity contribution in [3.05, 3.63) is 0 Å². The van der Waals surface area contributed by atoms with Gasteiger partial charge in [-0.25, -0.2) is 8.78 Å². The molecule has 3 amide bonds. The summed E-state index contributed by atoms with van der Waals surface area (Å²) in [5, 5.41) is 15.4. The highest BCUT2D eigenvalue weighted by Gasteiger charge is 2.69. The lowest BCUT2D eigenvalue weighted by Crippen LogP contribution is -2.53. The molecule has 2 heterocycles. The highest BCUT2D eigenvalue weighted by Crippen LogP contribution is 2.65. The maximum absolute atomic E-state index is 13.5. The predicted molar refractivity (Wildman–Crippen MR) is 113 cm³/mol. The zero-order chi connectivity index (χ0) is 23.3. The largest absolute Gasteiger partial charge is 0.394 e. The van der Waals surface area contributed by atoms with Crippen LogP contribution in [-0.2, 0) is 14.4 Å². The Balaban J connectivity index is 1.39. The van der Waals surface area contributed by atoms with Crippen LogP contribution in [0.1, 0.15) is 58.8 Å². The van der Waals surface area contributed by atoms with E-state index >= 15 is 0 Å². The van der Waals surface area contributed by atoms with Crippen LogP contribution in [0.4, 0.5) is 8.78 Å². The number of amides is 3. The van der Waals surface area contributed by atoms with Crippen LogP contribution in [0.5, 0.6) is 0 Å². The Morgan fingerprint density at radius 1 is 1.25 bits per heavy atom. The van der Waals surface area contributed by atoms with Crippen LogP contribution in [0.25, 0.3) is 0 Å². The van der Waals surface area contributed by atoms with Crippen LogP contribution in [0.3, 0.4) is 0 Å². The second kappa shape index (κ2) is 8.54. The summed E-state index contributed by atoms with van der Waals surface area (Å²) >= 11 is 0. The summed E-state index contributed by atoms with van der Waals surface area (Å²) in [6.45, 7) is 5.03. The van der Waals surface area contributed by atoms with Gasteiger partial charge in [0.25, 0.3) is 0 Å². The number of hydrogen-bond acceptors (Lipinski definition) is 4. The van der Waals surface area contributed by atoms with Crippen LogP contribution < -0.4 is 10.6 Å². The van der Waals surface area contributed by atoms with E-state index in [4.69, 9.17) is 0 Å². The summed E-state index contributed by atoms with van der Waals surface area (Å²) in [5.41, 5.74) is -0.0360. The molecule has 0 bridgehead atoms. The lowest BCUT2D eigenvalue weighted by Gasteiger charge is -2.34. The van der Waals surface area contributed by atoms with Gasteiger partial charge in [0.1, 0.15) is 6.04 Å². The minimum Gasteiger partial charge on any atom is -0.394 e. The van der Waals surface area contributed by atoms with Crippen molar-refractivity contribution in [2.24, 2.45) is 29.1 Å². The molecule has 0 aromatic heterocycles. The van der Waals surface area contributed by atoms with E-state index in [1.165, 1.54) is 0 Å². The van der Waals surface area contributed by atoms with Gasteiger partial charge in [0.15, 0.2) is 0 Å². The van der Waals surface area contributed by atoms with Crippen LogP contribution in [-0.4, -0.2) is 65.4 Å². The molecule has 0 unspecified atom stereocenters. The molecule has 9 heteroatoms. The van der Waals surface area contributed by atoms with Crippen molar-refractivity contribution in [2.45, 2.75) is 76.8 Å². The van der Waals surface area contributed by atoms with Crippen molar-refractivity contribution in [3.8, 4) is 0 Å². The minimum absolute atomic E-state index is 0.0360. The third-order valence-electron chi connectivity index (χ3n) is 8.40. The molecule has 0 aromatic rings. The molecule has 0 spiro atoms. The summed E-state index contributed by atoms with van der Waals surface area (Å²) in [6, 6.07) is -1.16. The Labute approximate surface area is 187 Å². The van der Waals surface area contributed by atoms with E-state index in [1.54, 1.807) is 4.90 Å². The van der Waals surface area contributed by atoms with E-state index in [2.05, 4.69) is 24.5 Å². The first-order valence-corrected chi connectivity index (χ1v) is 11.9. The van der Waals surface area contributed by atoms with Crippen molar-refractivity contribution < 1.29 is 28.3 Å². The number of nitrogens with one attached hydrogen (secondary N) is 2. The molecular weight excluding hydrogens is 420 g/mol. The second-order valence-electron chi connectivity index (χ2n) is 10.8. The SMILES string of the molecule is CC1(C)[C@@H]2[C@@H](C(=O)N[C@H](CO)C[C@@H]3CCNC3=O)N(C(=O)CC3CCC(F)(F)CC3)C[C@@H]21. The smallest absolute Gasteiger partial charge is 0.248 e. The van der Waals surface area contributed by atoms with Gasteiger partial charge in [-0.3, -0.25) is 14.4 Å². The Kier molecular flexibility index (Phi) is 6.24. The summed E-state index contributed by atoms with van der Waals surface area (Å²) in [6.07, 6.45) is 1.54. The lowest BCUT2D eigenvalue weighted by molar-refractivity contribution is -0.142. The van der Waals surface area contributed by atoms with Gasteiger partial charge in [0, 0.05) is 38.3 Å². The Hall–Kier alpha value is -1.77. The fraction of sp³-hybridized carbons (Fsp3) is 0.870. The molecule has 2 aliphatic carbocycles. The van der Waals surface area contributed by atoms with Crippen molar-refractivity contribution in [1.29, 1.82) is 0 Å². The molecule has 5 atom stereocenters. The van der Waals surface area contributed by atoms with Gasteiger partial charge in [0.05, 0.1) is 12.6 Å². The van der Waals surface area contributed by atoms with E-state index in [1.807, 2.05) is 0 Å². The Bertz CT molecular complexity index is 764. The molecular formula is C23H35F2N3O4. The highest BCUT2D eigenvalue weighted by atomic mass is 19.3. The van der Waals surface area contributed by atoms with Gasteiger partial charge < -0.3 is 20.6 Å². The number of piperidine rings is 1. The number of carbonyl (C=O) groups is 3.